The molecule has 2 aliphatic rings. The number of para-hydroxylation sites is 1. The highest BCUT2D eigenvalue weighted by atomic mass is 35.5. The van der Waals surface area contributed by atoms with Crippen LogP contribution in [0.15, 0.2) is 98.6 Å². The maximum absolute atomic E-state index is 14.0. The van der Waals surface area contributed by atoms with Crippen molar-refractivity contribution in [2.45, 2.75) is 18.9 Å². The molecule has 0 saturated carbocycles. The number of hydrogen-bond acceptors (Lipinski definition) is 5. The highest BCUT2D eigenvalue weighted by Crippen LogP contribution is 2.43. The molecular weight excluding hydrogens is 563 g/mol. The van der Waals surface area contributed by atoms with Crippen LogP contribution < -0.4 is 19.6 Å². The van der Waals surface area contributed by atoms with E-state index < -0.39 is 0 Å². The lowest BCUT2D eigenvalue weighted by atomic mass is 9.83. The van der Waals surface area contributed by atoms with Crippen LogP contribution in [0.25, 0.3) is 23.1 Å². The molecule has 1 aliphatic carbocycles. The molecule has 0 unspecified atom stereocenters. The molecule has 5 aromatic rings. The second-order valence-electron chi connectivity index (χ2n) is 9.66. The molecule has 0 N–H and O–H groups in total. The number of methoxy groups -OCH3 is 1. The summed E-state index contributed by atoms with van der Waals surface area (Å²) in [5.74, 6) is 1.86. The van der Waals surface area contributed by atoms with Gasteiger partial charge in [-0.3, -0.25) is 9.36 Å². The first-order valence-electron chi connectivity index (χ1n) is 12.8. The van der Waals surface area contributed by atoms with E-state index in [2.05, 4.69) is 18.2 Å². The Bertz CT molecular complexity index is 2020. The predicted octanol–water partition coefficient (Wildman–Crippen LogP) is 6.89. The Labute approximate surface area is 243 Å². The van der Waals surface area contributed by atoms with Gasteiger partial charge in [-0.2, -0.15) is 0 Å². The Kier molecular flexibility index (Phi) is 6.27. The molecule has 0 fully saturated rings. The number of fused-ring (bicyclic) bond motifs is 3. The maximum atomic E-state index is 14.0. The van der Waals surface area contributed by atoms with Gasteiger partial charge < -0.3 is 9.15 Å². The molecule has 1 aliphatic heterocycles. The van der Waals surface area contributed by atoms with Gasteiger partial charge in [0.2, 0.25) is 0 Å². The summed E-state index contributed by atoms with van der Waals surface area (Å²) in [5, 5.41) is 0.874. The molecule has 3 heterocycles. The molecule has 40 heavy (non-hydrogen) atoms. The molecule has 0 radical (unpaired) electrons. The fourth-order valence-corrected chi connectivity index (χ4v) is 6.96. The van der Waals surface area contributed by atoms with Gasteiger partial charge in [-0.25, -0.2) is 4.99 Å². The van der Waals surface area contributed by atoms with Crippen LogP contribution in [-0.4, -0.2) is 11.7 Å². The summed E-state index contributed by atoms with van der Waals surface area (Å²) in [4.78, 5) is 19.8. The second-order valence-corrected chi connectivity index (χ2v) is 11.5. The minimum atomic E-state index is -0.324. The standard InChI is InChI=1S/C32H22Cl2N2O3S/c1-38-25-12-5-4-9-22(25)30-23-15-13-18-7-2-3-8-20(18)29(23)35-32-36(30)31(37)27(40-32)17-19-14-16-26(39-19)21-10-6-11-24(33)28(21)34/h2-12,14,16-17,30H,13,15H2,1H3/b27-17-/t30-/m0/s1. The van der Waals surface area contributed by atoms with Gasteiger partial charge in [0.05, 0.1) is 33.4 Å². The monoisotopic (exact) mass is 584 g/mol. The van der Waals surface area contributed by atoms with Crippen LogP contribution in [0.2, 0.25) is 10.0 Å². The van der Waals surface area contributed by atoms with E-state index in [0.29, 0.717) is 36.5 Å². The van der Waals surface area contributed by atoms with Crippen LogP contribution in [0, 0.1) is 0 Å². The number of thiazole rings is 1. The number of aromatic nitrogens is 1. The highest BCUT2D eigenvalue weighted by Gasteiger charge is 2.34. The van der Waals surface area contributed by atoms with Gasteiger partial charge in [0, 0.05) is 22.8 Å². The van der Waals surface area contributed by atoms with Gasteiger partial charge in [0.15, 0.2) is 4.80 Å². The van der Waals surface area contributed by atoms with Gasteiger partial charge in [-0.05, 0) is 54.3 Å². The third-order valence-corrected chi connectivity index (χ3v) is 9.23. The molecule has 1 atom stereocenters. The van der Waals surface area contributed by atoms with Crippen molar-refractivity contribution in [1.29, 1.82) is 0 Å². The van der Waals surface area contributed by atoms with Gasteiger partial charge in [-0.1, -0.05) is 83.1 Å². The second kappa shape index (κ2) is 9.97. The minimum Gasteiger partial charge on any atom is -0.496 e. The zero-order valence-electron chi connectivity index (χ0n) is 21.4. The first-order valence-corrected chi connectivity index (χ1v) is 14.4. The molecule has 7 rings (SSSR count). The van der Waals surface area contributed by atoms with Crippen molar-refractivity contribution in [1.82, 2.24) is 4.57 Å². The fraction of sp³-hybridized carbons (Fsp3) is 0.125. The molecule has 0 amide bonds. The van der Waals surface area contributed by atoms with Gasteiger partial charge in [-0.15, -0.1) is 0 Å². The maximum Gasteiger partial charge on any atom is 0.271 e. The summed E-state index contributed by atoms with van der Waals surface area (Å²) >= 11 is 14.0. The van der Waals surface area contributed by atoms with Crippen molar-refractivity contribution >= 4 is 46.3 Å². The molecule has 0 saturated heterocycles. The molecule has 198 valence electrons. The van der Waals surface area contributed by atoms with Crippen LogP contribution >= 0.6 is 34.5 Å². The van der Waals surface area contributed by atoms with Gasteiger partial charge >= 0.3 is 0 Å². The van der Waals surface area contributed by atoms with Crippen molar-refractivity contribution in [2.75, 3.05) is 7.11 Å². The number of nitrogens with zero attached hydrogens (tertiary/aromatic N) is 2. The SMILES string of the molecule is COc1ccccc1[C@H]1C2=C(N=c3s/c(=C\c4ccc(-c5cccc(Cl)c5Cl)o4)c(=O)n31)c1ccccc1CC2. The molecule has 2 aromatic heterocycles. The summed E-state index contributed by atoms with van der Waals surface area (Å²) in [6, 6.07) is 25.0. The van der Waals surface area contributed by atoms with Crippen LogP contribution in [0.5, 0.6) is 5.75 Å². The number of halogens is 2. The molecular formula is C32H22Cl2N2O3S. The topological polar surface area (TPSA) is 56.7 Å². The summed E-state index contributed by atoms with van der Waals surface area (Å²) in [5.41, 5.74) is 5.97. The van der Waals surface area contributed by atoms with E-state index in [9.17, 15) is 4.79 Å². The molecule has 8 heteroatoms. The first-order chi connectivity index (χ1) is 19.5. The fourth-order valence-electron chi connectivity index (χ4n) is 5.59. The summed E-state index contributed by atoms with van der Waals surface area (Å²) < 4.78 is 14.2. The molecule has 0 spiro atoms. The normalized spacial score (nSPS) is 16.3. The Hall–Kier alpha value is -3.84. The third-order valence-electron chi connectivity index (χ3n) is 7.42. The molecule has 0 bridgehead atoms. The largest absolute Gasteiger partial charge is 0.496 e. The number of allylic oxidation sites excluding steroid dienone is 1. The summed E-state index contributed by atoms with van der Waals surface area (Å²) in [7, 11) is 1.66. The average Bonchev–Trinajstić information content (AvgIpc) is 3.57. The third kappa shape index (κ3) is 4.06. The van der Waals surface area contributed by atoms with Crippen LogP contribution in [0.1, 0.15) is 34.9 Å². The Morgan fingerprint density at radius 3 is 2.65 bits per heavy atom. The summed E-state index contributed by atoms with van der Waals surface area (Å²) in [6.45, 7) is 0. The Morgan fingerprint density at radius 1 is 0.975 bits per heavy atom. The molecule has 5 nitrogen and oxygen atoms in total. The van der Waals surface area contributed by atoms with E-state index in [0.717, 1.165) is 41.0 Å². The zero-order valence-corrected chi connectivity index (χ0v) is 23.7. The van der Waals surface area contributed by atoms with Crippen molar-refractivity contribution < 1.29 is 9.15 Å². The number of hydrogen-bond donors (Lipinski definition) is 0. The molecule has 3 aromatic carbocycles. The lowest BCUT2D eigenvalue weighted by Gasteiger charge is -2.31. The van der Waals surface area contributed by atoms with E-state index in [1.165, 1.54) is 16.9 Å². The van der Waals surface area contributed by atoms with Crippen LogP contribution in [0.3, 0.4) is 0 Å². The number of rotatable bonds is 4. The van der Waals surface area contributed by atoms with Crippen molar-refractivity contribution in [3.05, 3.63) is 137 Å². The van der Waals surface area contributed by atoms with Crippen LogP contribution in [-0.2, 0) is 6.42 Å². The van der Waals surface area contributed by atoms with Crippen molar-refractivity contribution in [3.8, 4) is 17.1 Å². The van der Waals surface area contributed by atoms with E-state index >= 15 is 0 Å². The first kappa shape index (κ1) is 25.1. The van der Waals surface area contributed by atoms with Crippen LogP contribution in [0.4, 0.5) is 0 Å². The van der Waals surface area contributed by atoms with E-state index in [1.807, 2.05) is 54.6 Å². The lowest BCUT2D eigenvalue weighted by molar-refractivity contribution is 0.402. The highest BCUT2D eigenvalue weighted by molar-refractivity contribution is 7.07. The van der Waals surface area contributed by atoms with Gasteiger partial charge in [0.25, 0.3) is 5.56 Å². The zero-order chi connectivity index (χ0) is 27.4. The van der Waals surface area contributed by atoms with Gasteiger partial charge in [0.1, 0.15) is 17.3 Å². The predicted molar refractivity (Wildman–Crippen MR) is 160 cm³/mol. The average molecular weight is 586 g/mol. The number of aryl methyl sites for hydroxylation is 1. The van der Waals surface area contributed by atoms with E-state index in [4.69, 9.17) is 37.3 Å². The van der Waals surface area contributed by atoms with E-state index in [-0.39, 0.29) is 11.6 Å². The summed E-state index contributed by atoms with van der Waals surface area (Å²) in [6.07, 6.45) is 3.47. The van der Waals surface area contributed by atoms with Crippen molar-refractivity contribution in [3.63, 3.8) is 0 Å². The Balaban J connectivity index is 1.42. The Morgan fingerprint density at radius 2 is 1.77 bits per heavy atom. The smallest absolute Gasteiger partial charge is 0.271 e. The van der Waals surface area contributed by atoms with E-state index in [1.54, 1.807) is 23.8 Å². The number of benzene rings is 3. The van der Waals surface area contributed by atoms with Crippen molar-refractivity contribution in [2.24, 2.45) is 4.99 Å². The minimum absolute atomic E-state index is 0.121. The quantitative estimate of drug-likeness (QED) is 0.231. The number of ether oxygens (including phenoxy) is 1. The lowest BCUT2D eigenvalue weighted by Crippen LogP contribution is -2.38. The number of furan rings is 1.